The number of hydrogen-bond donors (Lipinski definition) is 2. The molecule has 0 saturated carbocycles. The number of nitrogens with one attached hydrogen (secondary N) is 2. The Morgan fingerprint density at radius 2 is 1.88 bits per heavy atom. The highest BCUT2D eigenvalue weighted by Gasteiger charge is 2.14. The topological polar surface area (TPSA) is 79.4 Å². The molecule has 0 fully saturated rings. The molecule has 8 heteroatoms. The van der Waals surface area contributed by atoms with Crippen LogP contribution in [0.1, 0.15) is 39.2 Å². The molecule has 0 aliphatic rings. The van der Waals surface area contributed by atoms with Crippen LogP contribution in [0.4, 0.5) is 5.69 Å². The number of hydrazone groups is 1. The fraction of sp³-hybridized carbons (Fsp3) is 0.312. The van der Waals surface area contributed by atoms with Crippen LogP contribution < -0.4 is 15.7 Å². The average molecular weight is 369 g/mol. The number of anilines is 1. The third-order valence-electron chi connectivity index (χ3n) is 3.04. The second kappa shape index (κ2) is 7.68. The summed E-state index contributed by atoms with van der Waals surface area (Å²) < 4.78 is 5.66. The normalized spacial score (nSPS) is 10.6. The van der Waals surface area contributed by atoms with Crippen LogP contribution in [-0.4, -0.2) is 15.9 Å². The summed E-state index contributed by atoms with van der Waals surface area (Å²) >= 11 is 12.5. The molecule has 0 radical (unpaired) electrons. The smallest absolute Gasteiger partial charge is 0.267 e. The minimum Gasteiger partial charge on any atom is -0.434 e. The zero-order valence-corrected chi connectivity index (χ0v) is 15.3. The fourth-order valence-electron chi connectivity index (χ4n) is 1.89. The summed E-state index contributed by atoms with van der Waals surface area (Å²) in [5, 5.41) is 11.0. The van der Waals surface area contributed by atoms with Gasteiger partial charge in [-0.15, -0.1) is 5.10 Å². The monoisotopic (exact) mass is 368 g/mol. The summed E-state index contributed by atoms with van der Waals surface area (Å²) in [7, 11) is 0. The molecule has 2 rings (SSSR count). The molecular weight excluding hydrogens is 351 g/mol. The maximum absolute atomic E-state index is 11.7. The molecule has 128 valence electrons. The Bertz CT molecular complexity index is 804. The summed E-state index contributed by atoms with van der Waals surface area (Å²) in [6.45, 7) is 7.54. The van der Waals surface area contributed by atoms with Gasteiger partial charge in [0, 0.05) is 17.3 Å². The first-order valence-corrected chi connectivity index (χ1v) is 8.07. The molecule has 0 saturated heterocycles. The molecule has 1 aromatic carbocycles. The zero-order valence-electron chi connectivity index (χ0n) is 13.8. The van der Waals surface area contributed by atoms with Gasteiger partial charge in [-0.1, -0.05) is 37.0 Å². The van der Waals surface area contributed by atoms with Crippen molar-refractivity contribution in [1.29, 1.82) is 0 Å². The van der Waals surface area contributed by atoms with Crippen molar-refractivity contribution in [2.24, 2.45) is 5.10 Å². The lowest BCUT2D eigenvalue weighted by molar-refractivity contribution is 0.452. The van der Waals surface area contributed by atoms with E-state index in [1.54, 1.807) is 18.2 Å². The molecular formula is C16H18Cl2N4O2. The molecule has 0 aliphatic carbocycles. The van der Waals surface area contributed by atoms with Gasteiger partial charge in [-0.05, 0) is 31.9 Å². The van der Waals surface area contributed by atoms with Gasteiger partial charge in [0.25, 0.3) is 5.56 Å². The number of nitrogens with zero attached hydrogens (tertiary/aromatic N) is 2. The molecule has 2 aromatic rings. The molecule has 0 unspecified atom stereocenters. The predicted octanol–water partition coefficient (Wildman–Crippen LogP) is 4.80. The molecule has 0 bridgehead atoms. The van der Waals surface area contributed by atoms with Crippen LogP contribution in [0.5, 0.6) is 11.6 Å². The van der Waals surface area contributed by atoms with Crippen molar-refractivity contribution >= 4 is 34.6 Å². The van der Waals surface area contributed by atoms with E-state index in [1.807, 2.05) is 27.7 Å². The number of rotatable bonds is 5. The lowest BCUT2D eigenvalue weighted by atomic mass is 10.1. The quantitative estimate of drug-likeness (QED) is 0.586. The van der Waals surface area contributed by atoms with E-state index in [1.165, 1.54) is 0 Å². The van der Waals surface area contributed by atoms with Crippen LogP contribution in [0.3, 0.4) is 0 Å². The third kappa shape index (κ3) is 4.49. The van der Waals surface area contributed by atoms with Crippen LogP contribution >= 0.6 is 23.2 Å². The van der Waals surface area contributed by atoms with Crippen molar-refractivity contribution in [3.05, 3.63) is 44.2 Å². The highest BCUT2D eigenvalue weighted by Crippen LogP contribution is 2.38. The van der Waals surface area contributed by atoms with Gasteiger partial charge in [0.15, 0.2) is 5.75 Å². The van der Waals surface area contributed by atoms with E-state index in [0.29, 0.717) is 21.3 Å². The number of aromatic amines is 1. The standard InChI is InChI=1S/C16H18Cl2N4O2/c1-8(2)11-7-14(21-22-16(11)23)24-15-12(17)5-10(6-13(15)18)20-19-9(3)4/h5-8,20H,1-4H3,(H,22,23). The Morgan fingerprint density at radius 1 is 1.25 bits per heavy atom. The molecule has 24 heavy (non-hydrogen) atoms. The lowest BCUT2D eigenvalue weighted by Gasteiger charge is -2.12. The molecule has 6 nitrogen and oxygen atoms in total. The number of ether oxygens (including phenoxy) is 1. The van der Waals surface area contributed by atoms with E-state index in [0.717, 1.165) is 5.71 Å². The number of H-pyrrole nitrogens is 1. The maximum Gasteiger partial charge on any atom is 0.267 e. The summed E-state index contributed by atoms with van der Waals surface area (Å²) in [5.74, 6) is 0.507. The Balaban J connectivity index is 2.32. The summed E-state index contributed by atoms with van der Waals surface area (Å²) in [4.78, 5) is 11.7. The van der Waals surface area contributed by atoms with Gasteiger partial charge >= 0.3 is 0 Å². The van der Waals surface area contributed by atoms with Gasteiger partial charge in [-0.25, -0.2) is 5.10 Å². The highest BCUT2D eigenvalue weighted by molar-refractivity contribution is 6.37. The molecule has 1 heterocycles. The Morgan fingerprint density at radius 3 is 2.42 bits per heavy atom. The van der Waals surface area contributed by atoms with Crippen LogP contribution in [0, 0.1) is 0 Å². The van der Waals surface area contributed by atoms with E-state index in [2.05, 4.69) is 20.7 Å². The van der Waals surface area contributed by atoms with Crippen LogP contribution in [-0.2, 0) is 0 Å². The summed E-state index contributed by atoms with van der Waals surface area (Å²) in [6.07, 6.45) is 0. The Hall–Kier alpha value is -2.05. The Kier molecular flexibility index (Phi) is 5.85. The molecule has 0 spiro atoms. The SMILES string of the molecule is CC(C)=NNc1cc(Cl)c(Oc2cc(C(C)C)c(=O)[nH]n2)c(Cl)c1. The summed E-state index contributed by atoms with van der Waals surface area (Å²) in [6, 6.07) is 4.86. The number of hydrogen-bond acceptors (Lipinski definition) is 5. The lowest BCUT2D eigenvalue weighted by Crippen LogP contribution is -2.15. The van der Waals surface area contributed by atoms with Crippen molar-refractivity contribution < 1.29 is 4.74 Å². The molecule has 1 aromatic heterocycles. The van der Waals surface area contributed by atoms with Crippen LogP contribution in [0.2, 0.25) is 10.0 Å². The van der Waals surface area contributed by atoms with E-state index < -0.39 is 0 Å². The average Bonchev–Trinajstić information content (AvgIpc) is 2.50. The van der Waals surface area contributed by atoms with Gasteiger partial charge in [0.2, 0.25) is 5.88 Å². The molecule has 2 N–H and O–H groups in total. The van der Waals surface area contributed by atoms with E-state index in [-0.39, 0.29) is 23.1 Å². The number of aromatic nitrogens is 2. The minimum atomic E-state index is -0.248. The number of halogens is 2. The van der Waals surface area contributed by atoms with E-state index in [9.17, 15) is 4.79 Å². The second-order valence-electron chi connectivity index (χ2n) is 5.69. The highest BCUT2D eigenvalue weighted by atomic mass is 35.5. The minimum absolute atomic E-state index is 0.0340. The summed E-state index contributed by atoms with van der Waals surface area (Å²) in [5.41, 5.74) is 4.67. The van der Waals surface area contributed by atoms with Gasteiger partial charge in [0.05, 0.1) is 15.7 Å². The van der Waals surface area contributed by atoms with Crippen LogP contribution in [0.25, 0.3) is 0 Å². The third-order valence-corrected chi connectivity index (χ3v) is 3.61. The van der Waals surface area contributed by atoms with Crippen LogP contribution in [0.15, 0.2) is 28.1 Å². The Labute approximate surface area is 149 Å². The van der Waals surface area contributed by atoms with Crippen molar-refractivity contribution in [2.75, 3.05) is 5.43 Å². The van der Waals surface area contributed by atoms with Gasteiger partial charge < -0.3 is 4.74 Å². The largest absolute Gasteiger partial charge is 0.434 e. The molecule has 0 amide bonds. The maximum atomic E-state index is 11.7. The first-order valence-electron chi connectivity index (χ1n) is 7.31. The van der Waals surface area contributed by atoms with Gasteiger partial charge in [-0.2, -0.15) is 5.10 Å². The van der Waals surface area contributed by atoms with Crippen molar-refractivity contribution in [3.63, 3.8) is 0 Å². The van der Waals surface area contributed by atoms with Gasteiger partial charge in [0.1, 0.15) is 0 Å². The fourth-order valence-corrected chi connectivity index (χ4v) is 2.45. The molecule has 0 atom stereocenters. The van der Waals surface area contributed by atoms with Gasteiger partial charge in [-0.3, -0.25) is 10.2 Å². The number of benzene rings is 1. The zero-order chi connectivity index (χ0) is 17.9. The van der Waals surface area contributed by atoms with Crippen molar-refractivity contribution in [3.8, 4) is 11.6 Å². The first-order chi connectivity index (χ1) is 11.3. The van der Waals surface area contributed by atoms with E-state index >= 15 is 0 Å². The van der Waals surface area contributed by atoms with Crippen molar-refractivity contribution in [1.82, 2.24) is 10.2 Å². The van der Waals surface area contributed by atoms with E-state index in [4.69, 9.17) is 27.9 Å². The molecule has 0 aliphatic heterocycles. The van der Waals surface area contributed by atoms with Crippen molar-refractivity contribution in [2.45, 2.75) is 33.6 Å². The predicted molar refractivity (Wildman–Crippen MR) is 97.9 cm³/mol. The first kappa shape index (κ1) is 18.3. The second-order valence-corrected chi connectivity index (χ2v) is 6.50.